The molecule has 1 fully saturated rings. The van der Waals surface area contributed by atoms with Crippen LogP contribution in [0.5, 0.6) is 0 Å². The first-order chi connectivity index (χ1) is 13.3. The van der Waals surface area contributed by atoms with Gasteiger partial charge < -0.3 is 5.11 Å². The van der Waals surface area contributed by atoms with E-state index >= 15 is 0 Å². The zero-order chi connectivity index (χ0) is 18.5. The molecule has 0 radical (unpaired) electrons. The Labute approximate surface area is 161 Å². The second kappa shape index (κ2) is 8.51. The highest BCUT2D eigenvalue weighted by molar-refractivity contribution is 5.32. The Balaban J connectivity index is 1.32. The largest absolute Gasteiger partial charge is 0.392 e. The quantitative estimate of drug-likeness (QED) is 0.728. The second-order valence-electron chi connectivity index (χ2n) is 7.44. The van der Waals surface area contributed by atoms with Crippen molar-refractivity contribution in [3.8, 4) is 5.69 Å². The minimum absolute atomic E-state index is 0.246. The van der Waals surface area contributed by atoms with E-state index in [9.17, 15) is 5.11 Å². The average molecular weight is 361 g/mol. The third-order valence-electron chi connectivity index (χ3n) is 5.57. The lowest BCUT2D eigenvalue weighted by molar-refractivity contribution is 0.0571. The zero-order valence-electron chi connectivity index (χ0n) is 15.6. The highest BCUT2D eigenvalue weighted by Gasteiger charge is 2.25. The third kappa shape index (κ3) is 4.46. The summed E-state index contributed by atoms with van der Waals surface area (Å²) in [5.74, 6) is 0.389. The fourth-order valence-electron chi connectivity index (χ4n) is 4.00. The van der Waals surface area contributed by atoms with Crippen LogP contribution in [-0.2, 0) is 13.0 Å². The first-order valence-electron chi connectivity index (χ1n) is 9.82. The number of aromatic nitrogens is 2. The van der Waals surface area contributed by atoms with Crippen LogP contribution in [0.1, 0.15) is 24.1 Å². The van der Waals surface area contributed by atoms with Crippen LogP contribution in [0.4, 0.5) is 0 Å². The van der Waals surface area contributed by atoms with Crippen LogP contribution in [0.15, 0.2) is 72.9 Å². The van der Waals surface area contributed by atoms with Crippen LogP contribution >= 0.6 is 0 Å². The molecule has 0 amide bonds. The minimum atomic E-state index is -0.246. The molecule has 1 N–H and O–H groups in total. The SMILES string of the molecule is O[C@H](Cc1ccccc1)C1CCN(Cc2ccnn2-c2ccccc2)CC1. The molecule has 1 aliphatic heterocycles. The van der Waals surface area contributed by atoms with Gasteiger partial charge in [-0.1, -0.05) is 48.5 Å². The smallest absolute Gasteiger partial charge is 0.0649 e. The van der Waals surface area contributed by atoms with Crippen LogP contribution in [0.25, 0.3) is 5.69 Å². The van der Waals surface area contributed by atoms with Crippen molar-refractivity contribution in [2.45, 2.75) is 31.9 Å². The molecule has 0 spiro atoms. The average Bonchev–Trinajstić information content (AvgIpc) is 3.18. The number of piperidine rings is 1. The fourth-order valence-corrected chi connectivity index (χ4v) is 4.00. The molecule has 0 saturated carbocycles. The molecule has 27 heavy (non-hydrogen) atoms. The minimum Gasteiger partial charge on any atom is -0.392 e. The molecule has 1 aliphatic rings. The van der Waals surface area contributed by atoms with E-state index in [-0.39, 0.29) is 6.10 Å². The van der Waals surface area contributed by atoms with E-state index in [1.807, 2.05) is 47.3 Å². The molecular weight excluding hydrogens is 334 g/mol. The number of hydrogen-bond acceptors (Lipinski definition) is 3. The highest BCUT2D eigenvalue weighted by Crippen LogP contribution is 2.24. The van der Waals surface area contributed by atoms with Gasteiger partial charge in [0, 0.05) is 12.7 Å². The van der Waals surface area contributed by atoms with Gasteiger partial charge in [0.25, 0.3) is 0 Å². The third-order valence-corrected chi connectivity index (χ3v) is 5.57. The summed E-state index contributed by atoms with van der Waals surface area (Å²) >= 11 is 0. The molecule has 4 rings (SSSR count). The Morgan fingerprint density at radius 1 is 0.926 bits per heavy atom. The second-order valence-corrected chi connectivity index (χ2v) is 7.44. The number of aliphatic hydroxyl groups is 1. The van der Waals surface area contributed by atoms with Gasteiger partial charge in [0.2, 0.25) is 0 Å². The molecule has 0 bridgehead atoms. The summed E-state index contributed by atoms with van der Waals surface area (Å²) in [6, 6.07) is 22.7. The predicted octanol–water partition coefficient (Wildman–Crippen LogP) is 3.69. The maximum atomic E-state index is 10.6. The number of likely N-dealkylation sites (tertiary alicyclic amines) is 1. The van der Waals surface area contributed by atoms with E-state index in [0.717, 1.165) is 44.6 Å². The monoisotopic (exact) mass is 361 g/mol. The lowest BCUT2D eigenvalue weighted by atomic mass is 9.88. The Kier molecular flexibility index (Phi) is 5.66. The summed E-state index contributed by atoms with van der Waals surface area (Å²) in [6.07, 6.45) is 4.48. The molecule has 1 saturated heterocycles. The summed E-state index contributed by atoms with van der Waals surface area (Å²) in [6.45, 7) is 2.95. The van der Waals surface area contributed by atoms with E-state index in [1.54, 1.807) is 0 Å². The van der Waals surface area contributed by atoms with Gasteiger partial charge >= 0.3 is 0 Å². The first-order valence-corrected chi connectivity index (χ1v) is 9.82. The number of benzene rings is 2. The number of hydrogen-bond donors (Lipinski definition) is 1. The van der Waals surface area contributed by atoms with Crippen molar-refractivity contribution in [3.05, 3.63) is 84.2 Å². The van der Waals surface area contributed by atoms with Crippen LogP contribution in [-0.4, -0.2) is 39.0 Å². The van der Waals surface area contributed by atoms with Crippen LogP contribution < -0.4 is 0 Å². The van der Waals surface area contributed by atoms with Crippen LogP contribution in [0, 0.1) is 5.92 Å². The Hall–Kier alpha value is -2.43. The molecule has 2 heterocycles. The summed E-state index contributed by atoms with van der Waals surface area (Å²) < 4.78 is 2.02. The molecule has 2 aromatic carbocycles. The van der Waals surface area contributed by atoms with E-state index in [4.69, 9.17) is 0 Å². The Morgan fingerprint density at radius 3 is 2.30 bits per heavy atom. The van der Waals surface area contributed by atoms with Gasteiger partial charge in [-0.05, 0) is 62.0 Å². The number of para-hydroxylation sites is 1. The maximum Gasteiger partial charge on any atom is 0.0649 e. The summed E-state index contributed by atoms with van der Waals surface area (Å²) in [5, 5.41) is 15.1. The van der Waals surface area contributed by atoms with Crippen LogP contribution in [0.2, 0.25) is 0 Å². The fraction of sp³-hybridized carbons (Fsp3) is 0.348. The van der Waals surface area contributed by atoms with E-state index < -0.39 is 0 Å². The predicted molar refractivity (Wildman–Crippen MR) is 108 cm³/mol. The molecule has 140 valence electrons. The summed E-state index contributed by atoms with van der Waals surface area (Å²) in [5.41, 5.74) is 3.54. The number of rotatable bonds is 6. The van der Waals surface area contributed by atoms with E-state index in [2.05, 4.69) is 40.3 Å². The molecular formula is C23H27N3O. The van der Waals surface area contributed by atoms with Crippen molar-refractivity contribution in [1.29, 1.82) is 0 Å². The maximum absolute atomic E-state index is 10.6. The van der Waals surface area contributed by atoms with Crippen LogP contribution in [0.3, 0.4) is 0 Å². The zero-order valence-corrected chi connectivity index (χ0v) is 15.6. The van der Waals surface area contributed by atoms with Gasteiger partial charge in [0.15, 0.2) is 0 Å². The highest BCUT2D eigenvalue weighted by atomic mass is 16.3. The van der Waals surface area contributed by atoms with Gasteiger partial charge in [-0.3, -0.25) is 4.90 Å². The van der Waals surface area contributed by atoms with Crippen molar-refractivity contribution in [2.75, 3.05) is 13.1 Å². The van der Waals surface area contributed by atoms with Gasteiger partial charge in [-0.2, -0.15) is 5.10 Å². The Bertz CT molecular complexity index is 823. The molecule has 0 unspecified atom stereocenters. The molecule has 4 nitrogen and oxygen atoms in total. The molecule has 4 heteroatoms. The molecule has 3 aromatic rings. The van der Waals surface area contributed by atoms with Crippen molar-refractivity contribution in [3.63, 3.8) is 0 Å². The number of nitrogens with zero attached hydrogens (tertiary/aromatic N) is 3. The van der Waals surface area contributed by atoms with Crippen molar-refractivity contribution >= 4 is 0 Å². The van der Waals surface area contributed by atoms with E-state index in [0.29, 0.717) is 5.92 Å². The number of aliphatic hydroxyl groups excluding tert-OH is 1. The van der Waals surface area contributed by atoms with Gasteiger partial charge in [-0.25, -0.2) is 4.68 Å². The van der Waals surface area contributed by atoms with E-state index in [1.165, 1.54) is 11.3 Å². The first kappa shape index (κ1) is 18.0. The standard InChI is InChI=1S/C23H27N3O/c27-23(17-19-7-3-1-4-8-19)20-12-15-25(16-13-20)18-22-11-14-24-26(22)21-9-5-2-6-10-21/h1-11,14,20,23,27H,12-13,15-18H2/t23-/m1/s1. The van der Waals surface area contributed by atoms with Gasteiger partial charge in [0.05, 0.1) is 17.5 Å². The topological polar surface area (TPSA) is 41.3 Å². The van der Waals surface area contributed by atoms with Gasteiger partial charge in [0.1, 0.15) is 0 Å². The van der Waals surface area contributed by atoms with Crippen molar-refractivity contribution in [2.24, 2.45) is 5.92 Å². The van der Waals surface area contributed by atoms with Crippen molar-refractivity contribution < 1.29 is 5.11 Å². The van der Waals surface area contributed by atoms with Crippen molar-refractivity contribution in [1.82, 2.24) is 14.7 Å². The summed E-state index contributed by atoms with van der Waals surface area (Å²) in [4.78, 5) is 2.47. The molecule has 1 aromatic heterocycles. The Morgan fingerprint density at radius 2 is 1.59 bits per heavy atom. The summed E-state index contributed by atoms with van der Waals surface area (Å²) in [7, 11) is 0. The lowest BCUT2D eigenvalue weighted by Gasteiger charge is -2.34. The van der Waals surface area contributed by atoms with Gasteiger partial charge in [-0.15, -0.1) is 0 Å². The lowest BCUT2D eigenvalue weighted by Crippen LogP contribution is -2.38. The molecule has 1 atom stereocenters. The normalized spacial score (nSPS) is 17.1. The molecule has 0 aliphatic carbocycles.